The molecule has 1 aliphatic rings. The number of hydrogen-bond donors (Lipinski definition) is 1. The van der Waals surface area contributed by atoms with Gasteiger partial charge in [-0.2, -0.15) is 0 Å². The number of morpholine rings is 1. The lowest BCUT2D eigenvalue weighted by Gasteiger charge is -2.32. The normalized spacial score (nSPS) is 26.8. The van der Waals surface area contributed by atoms with Gasteiger partial charge in [0.25, 0.3) is 0 Å². The predicted octanol–water partition coefficient (Wildman–Crippen LogP) is -0.808. The monoisotopic (exact) mass is 158 g/mol. The predicted molar refractivity (Wildman–Crippen MR) is 41.0 cm³/mol. The Morgan fingerprint density at radius 3 is 3.00 bits per heavy atom. The molecule has 0 radical (unpaired) electrons. The van der Waals surface area contributed by atoms with Crippen molar-refractivity contribution in [2.75, 3.05) is 26.3 Å². The van der Waals surface area contributed by atoms with Gasteiger partial charge in [0.2, 0.25) is 5.91 Å². The Morgan fingerprint density at radius 1 is 1.82 bits per heavy atom. The summed E-state index contributed by atoms with van der Waals surface area (Å²) in [5, 5.41) is 0. The van der Waals surface area contributed by atoms with E-state index in [2.05, 4.69) is 0 Å². The molecule has 0 aromatic rings. The van der Waals surface area contributed by atoms with Crippen LogP contribution in [0, 0.1) is 0 Å². The SMILES string of the molecule is CCN1CCOCC1C(N)=O. The number of hydrogen-bond acceptors (Lipinski definition) is 3. The minimum absolute atomic E-state index is 0.214. The fourth-order valence-corrected chi connectivity index (χ4v) is 1.28. The van der Waals surface area contributed by atoms with E-state index in [1.165, 1.54) is 0 Å². The number of carbonyl (C=O) groups is 1. The summed E-state index contributed by atoms with van der Waals surface area (Å²) in [6, 6.07) is -0.214. The Morgan fingerprint density at radius 2 is 2.55 bits per heavy atom. The van der Waals surface area contributed by atoms with E-state index in [-0.39, 0.29) is 11.9 Å². The van der Waals surface area contributed by atoms with Gasteiger partial charge in [-0.25, -0.2) is 0 Å². The molecule has 1 amide bonds. The standard InChI is InChI=1S/C7H14N2O2/c1-2-9-3-4-11-5-6(9)7(8)10/h6H,2-5H2,1H3,(H2,8,10). The third-order valence-corrected chi connectivity index (χ3v) is 1.97. The molecule has 1 unspecified atom stereocenters. The highest BCUT2D eigenvalue weighted by atomic mass is 16.5. The van der Waals surface area contributed by atoms with Crippen LogP contribution in [0.15, 0.2) is 0 Å². The molecular formula is C7H14N2O2. The second-order valence-corrected chi connectivity index (χ2v) is 2.62. The molecule has 2 N–H and O–H groups in total. The van der Waals surface area contributed by atoms with Gasteiger partial charge in [-0.15, -0.1) is 0 Å². The van der Waals surface area contributed by atoms with Crippen LogP contribution in [0.4, 0.5) is 0 Å². The zero-order chi connectivity index (χ0) is 8.27. The van der Waals surface area contributed by atoms with Gasteiger partial charge in [-0.05, 0) is 6.54 Å². The molecule has 4 heteroatoms. The van der Waals surface area contributed by atoms with Crippen molar-refractivity contribution in [1.82, 2.24) is 4.90 Å². The molecule has 0 saturated carbocycles. The zero-order valence-electron chi connectivity index (χ0n) is 6.75. The Bertz CT molecular complexity index is 149. The molecule has 0 aliphatic carbocycles. The van der Waals surface area contributed by atoms with Crippen molar-refractivity contribution >= 4 is 5.91 Å². The molecule has 1 saturated heterocycles. The summed E-state index contributed by atoms with van der Waals surface area (Å²) >= 11 is 0. The Balaban J connectivity index is 2.51. The van der Waals surface area contributed by atoms with Crippen molar-refractivity contribution in [3.63, 3.8) is 0 Å². The van der Waals surface area contributed by atoms with E-state index in [0.29, 0.717) is 13.2 Å². The first-order valence-corrected chi connectivity index (χ1v) is 3.86. The van der Waals surface area contributed by atoms with Crippen LogP contribution in [0.25, 0.3) is 0 Å². The van der Waals surface area contributed by atoms with E-state index < -0.39 is 0 Å². The molecule has 1 aliphatic heterocycles. The third-order valence-electron chi connectivity index (χ3n) is 1.97. The van der Waals surface area contributed by atoms with Crippen LogP contribution in [-0.4, -0.2) is 43.2 Å². The first-order valence-electron chi connectivity index (χ1n) is 3.86. The van der Waals surface area contributed by atoms with Crippen LogP contribution in [0.3, 0.4) is 0 Å². The van der Waals surface area contributed by atoms with E-state index >= 15 is 0 Å². The van der Waals surface area contributed by atoms with E-state index in [9.17, 15) is 4.79 Å². The van der Waals surface area contributed by atoms with Gasteiger partial charge in [0, 0.05) is 6.54 Å². The molecule has 0 bridgehead atoms. The molecular weight excluding hydrogens is 144 g/mol. The summed E-state index contributed by atoms with van der Waals surface area (Å²) < 4.78 is 5.13. The summed E-state index contributed by atoms with van der Waals surface area (Å²) in [4.78, 5) is 12.9. The first kappa shape index (κ1) is 8.49. The number of nitrogens with zero attached hydrogens (tertiary/aromatic N) is 1. The molecule has 1 fully saturated rings. The maximum absolute atomic E-state index is 10.8. The molecule has 1 heterocycles. The van der Waals surface area contributed by atoms with Gasteiger partial charge in [0.15, 0.2) is 0 Å². The lowest BCUT2D eigenvalue weighted by atomic mass is 10.2. The van der Waals surface area contributed by atoms with Crippen molar-refractivity contribution in [3.05, 3.63) is 0 Å². The molecule has 4 nitrogen and oxygen atoms in total. The number of rotatable bonds is 2. The second-order valence-electron chi connectivity index (χ2n) is 2.62. The van der Waals surface area contributed by atoms with Gasteiger partial charge < -0.3 is 10.5 Å². The fraction of sp³-hybridized carbons (Fsp3) is 0.857. The number of primary amides is 1. The summed E-state index contributed by atoms with van der Waals surface area (Å²) in [6.07, 6.45) is 0. The van der Waals surface area contributed by atoms with Crippen LogP contribution >= 0.6 is 0 Å². The minimum atomic E-state index is -0.286. The van der Waals surface area contributed by atoms with Crippen molar-refractivity contribution < 1.29 is 9.53 Å². The van der Waals surface area contributed by atoms with Crippen molar-refractivity contribution in [2.24, 2.45) is 5.73 Å². The molecule has 0 aromatic heterocycles. The molecule has 1 rings (SSSR count). The molecule has 11 heavy (non-hydrogen) atoms. The number of nitrogens with two attached hydrogens (primary N) is 1. The maximum atomic E-state index is 10.8. The quantitative estimate of drug-likeness (QED) is 0.572. The highest BCUT2D eigenvalue weighted by Gasteiger charge is 2.25. The van der Waals surface area contributed by atoms with Crippen LogP contribution in [0.2, 0.25) is 0 Å². The number of amides is 1. The van der Waals surface area contributed by atoms with Gasteiger partial charge in [-0.1, -0.05) is 6.92 Å². The van der Waals surface area contributed by atoms with Crippen molar-refractivity contribution in [1.29, 1.82) is 0 Å². The highest BCUT2D eigenvalue weighted by Crippen LogP contribution is 2.04. The van der Waals surface area contributed by atoms with E-state index in [4.69, 9.17) is 10.5 Å². The minimum Gasteiger partial charge on any atom is -0.378 e. The van der Waals surface area contributed by atoms with Gasteiger partial charge >= 0.3 is 0 Å². The topological polar surface area (TPSA) is 55.6 Å². The highest BCUT2D eigenvalue weighted by molar-refractivity contribution is 5.80. The Kier molecular flexibility index (Phi) is 2.84. The molecule has 64 valence electrons. The van der Waals surface area contributed by atoms with Crippen molar-refractivity contribution in [3.8, 4) is 0 Å². The largest absolute Gasteiger partial charge is 0.378 e. The summed E-state index contributed by atoms with van der Waals surface area (Å²) in [5.41, 5.74) is 5.17. The Labute approximate surface area is 66.3 Å². The average molecular weight is 158 g/mol. The van der Waals surface area contributed by atoms with Crippen LogP contribution in [-0.2, 0) is 9.53 Å². The van der Waals surface area contributed by atoms with Crippen LogP contribution in [0.5, 0.6) is 0 Å². The molecule has 0 spiro atoms. The fourth-order valence-electron chi connectivity index (χ4n) is 1.28. The van der Waals surface area contributed by atoms with Crippen LogP contribution < -0.4 is 5.73 Å². The van der Waals surface area contributed by atoms with Gasteiger partial charge in [0.05, 0.1) is 13.2 Å². The third kappa shape index (κ3) is 1.91. The van der Waals surface area contributed by atoms with Crippen LogP contribution in [0.1, 0.15) is 6.92 Å². The lowest BCUT2D eigenvalue weighted by molar-refractivity contribution is -0.129. The van der Waals surface area contributed by atoms with Crippen molar-refractivity contribution in [2.45, 2.75) is 13.0 Å². The van der Waals surface area contributed by atoms with E-state index in [0.717, 1.165) is 13.1 Å². The zero-order valence-corrected chi connectivity index (χ0v) is 6.75. The Hall–Kier alpha value is -0.610. The number of likely N-dealkylation sites (N-methyl/N-ethyl adjacent to an activating group) is 1. The van der Waals surface area contributed by atoms with E-state index in [1.54, 1.807) is 0 Å². The van der Waals surface area contributed by atoms with Gasteiger partial charge in [-0.3, -0.25) is 9.69 Å². The summed E-state index contributed by atoms with van der Waals surface area (Å²) in [7, 11) is 0. The first-order chi connectivity index (χ1) is 5.25. The van der Waals surface area contributed by atoms with Gasteiger partial charge in [0.1, 0.15) is 6.04 Å². The maximum Gasteiger partial charge on any atom is 0.237 e. The summed E-state index contributed by atoms with van der Waals surface area (Å²) in [5.74, 6) is -0.286. The summed E-state index contributed by atoms with van der Waals surface area (Å²) in [6.45, 7) is 4.84. The number of ether oxygens (including phenoxy) is 1. The average Bonchev–Trinajstić information content (AvgIpc) is 2.04. The molecule has 0 aromatic carbocycles. The number of carbonyl (C=O) groups excluding carboxylic acids is 1. The molecule has 1 atom stereocenters. The van der Waals surface area contributed by atoms with E-state index in [1.807, 2.05) is 11.8 Å². The lowest BCUT2D eigenvalue weighted by Crippen LogP contribution is -2.52. The smallest absolute Gasteiger partial charge is 0.237 e. The second kappa shape index (κ2) is 3.69.